The Morgan fingerprint density at radius 2 is 1.95 bits per heavy atom. The van der Waals surface area contributed by atoms with Gasteiger partial charge in [0.2, 0.25) is 0 Å². The number of benzene rings is 1. The number of carbonyl (C=O) groups is 2. The average molecular weight is 276 g/mol. The van der Waals surface area contributed by atoms with Gasteiger partial charge in [0, 0.05) is 19.0 Å². The summed E-state index contributed by atoms with van der Waals surface area (Å²) in [4.78, 5) is 24.2. The Morgan fingerprint density at radius 1 is 1.35 bits per heavy atom. The summed E-state index contributed by atoms with van der Waals surface area (Å²) < 4.78 is 0. The molecule has 0 spiro atoms. The Hall–Kier alpha value is -2.04. The van der Waals surface area contributed by atoms with Crippen LogP contribution in [-0.2, 0) is 4.79 Å². The third kappa shape index (κ3) is 3.50. The van der Waals surface area contributed by atoms with Crippen molar-refractivity contribution in [3.63, 3.8) is 0 Å². The minimum absolute atomic E-state index is 0.0541. The van der Waals surface area contributed by atoms with E-state index in [4.69, 9.17) is 5.11 Å². The highest BCUT2D eigenvalue weighted by Crippen LogP contribution is 2.20. The molecule has 20 heavy (non-hydrogen) atoms. The number of carboxylic acid groups (broad SMARTS) is 1. The molecule has 5 heteroatoms. The van der Waals surface area contributed by atoms with Gasteiger partial charge in [-0.25, -0.2) is 4.79 Å². The van der Waals surface area contributed by atoms with Crippen LogP contribution in [0.15, 0.2) is 24.3 Å². The molecule has 2 rings (SSSR count). The van der Waals surface area contributed by atoms with Crippen LogP contribution in [0.1, 0.15) is 30.5 Å². The van der Waals surface area contributed by atoms with Gasteiger partial charge in [-0.15, -0.1) is 0 Å². The van der Waals surface area contributed by atoms with Gasteiger partial charge in [-0.1, -0.05) is 29.8 Å². The molecule has 5 nitrogen and oxygen atoms in total. The van der Waals surface area contributed by atoms with E-state index in [0.29, 0.717) is 13.1 Å². The summed E-state index contributed by atoms with van der Waals surface area (Å²) in [5.74, 6) is -0.712. The highest BCUT2D eigenvalue weighted by Gasteiger charge is 2.32. The molecule has 0 aromatic heterocycles. The molecule has 1 aliphatic rings. The second-order valence-electron chi connectivity index (χ2n) is 5.45. The molecule has 1 atom stereocenters. The first-order valence-electron chi connectivity index (χ1n) is 6.79. The number of hydrogen-bond donors (Lipinski definition) is 2. The largest absolute Gasteiger partial charge is 0.481 e. The van der Waals surface area contributed by atoms with Crippen LogP contribution in [-0.4, -0.2) is 35.1 Å². The molecule has 1 fully saturated rings. The minimum Gasteiger partial charge on any atom is -0.481 e. The lowest BCUT2D eigenvalue weighted by atomic mass is 9.97. The Morgan fingerprint density at radius 3 is 2.50 bits per heavy atom. The molecule has 0 bridgehead atoms. The molecule has 0 aliphatic carbocycles. The number of nitrogens with one attached hydrogen (secondary N) is 1. The molecule has 1 saturated heterocycles. The van der Waals surface area contributed by atoms with Crippen LogP contribution >= 0.6 is 0 Å². The van der Waals surface area contributed by atoms with Crippen molar-refractivity contribution in [1.82, 2.24) is 10.2 Å². The standard InChI is InChI=1S/C15H20N2O3/c1-10-3-5-13(6-4-10)11(2)16-15(20)17-8-12(9-17)7-14(18)19/h3-6,11-12H,7-9H2,1-2H3,(H,16,20)(H,18,19). The lowest BCUT2D eigenvalue weighted by molar-refractivity contribution is -0.139. The quantitative estimate of drug-likeness (QED) is 0.885. The van der Waals surface area contributed by atoms with Gasteiger partial charge in [0.05, 0.1) is 12.5 Å². The van der Waals surface area contributed by atoms with Crippen molar-refractivity contribution in [3.05, 3.63) is 35.4 Å². The number of carbonyl (C=O) groups excluding carboxylic acids is 1. The van der Waals surface area contributed by atoms with Crippen LogP contribution in [0.25, 0.3) is 0 Å². The number of aryl methyl sites for hydroxylation is 1. The summed E-state index contributed by atoms with van der Waals surface area (Å²) >= 11 is 0. The maximum absolute atomic E-state index is 12.0. The lowest BCUT2D eigenvalue weighted by Gasteiger charge is -2.39. The van der Waals surface area contributed by atoms with Gasteiger partial charge >= 0.3 is 12.0 Å². The van der Waals surface area contributed by atoms with Crippen molar-refractivity contribution in [2.45, 2.75) is 26.3 Å². The minimum atomic E-state index is -0.803. The Balaban J connectivity index is 1.80. The molecule has 0 radical (unpaired) electrons. The number of urea groups is 1. The van der Waals surface area contributed by atoms with E-state index in [1.54, 1.807) is 4.90 Å². The third-order valence-electron chi connectivity index (χ3n) is 3.63. The summed E-state index contributed by atoms with van der Waals surface area (Å²) in [6.07, 6.45) is 0.136. The van der Waals surface area contributed by atoms with Crippen molar-refractivity contribution < 1.29 is 14.7 Å². The van der Waals surface area contributed by atoms with Crippen molar-refractivity contribution in [2.75, 3.05) is 13.1 Å². The van der Waals surface area contributed by atoms with Crippen LogP contribution < -0.4 is 5.32 Å². The number of hydrogen-bond acceptors (Lipinski definition) is 2. The van der Waals surface area contributed by atoms with Crippen molar-refractivity contribution >= 4 is 12.0 Å². The summed E-state index contributed by atoms with van der Waals surface area (Å²) in [6.45, 7) is 5.02. The number of likely N-dealkylation sites (tertiary alicyclic amines) is 1. The number of aliphatic carboxylic acids is 1. The summed E-state index contributed by atoms with van der Waals surface area (Å²) in [6, 6.07) is 7.86. The van der Waals surface area contributed by atoms with E-state index in [1.165, 1.54) is 5.56 Å². The van der Waals surface area contributed by atoms with Crippen LogP contribution in [0.2, 0.25) is 0 Å². The average Bonchev–Trinajstić information content (AvgIpc) is 2.33. The molecule has 2 N–H and O–H groups in total. The number of rotatable bonds is 4. The third-order valence-corrected chi connectivity index (χ3v) is 3.63. The van der Waals surface area contributed by atoms with E-state index in [1.807, 2.05) is 38.1 Å². The molecular weight excluding hydrogens is 256 g/mol. The van der Waals surface area contributed by atoms with E-state index in [9.17, 15) is 9.59 Å². The maximum Gasteiger partial charge on any atom is 0.317 e. The maximum atomic E-state index is 12.0. The molecule has 1 aromatic rings. The second kappa shape index (κ2) is 5.94. The Kier molecular flexibility index (Phi) is 4.27. The zero-order valence-electron chi connectivity index (χ0n) is 11.8. The van der Waals surface area contributed by atoms with Crippen LogP contribution in [0.3, 0.4) is 0 Å². The molecule has 1 aromatic carbocycles. The molecular formula is C15H20N2O3. The predicted octanol–water partition coefficient (Wildman–Crippen LogP) is 2.17. The fourth-order valence-electron chi connectivity index (χ4n) is 2.33. The lowest BCUT2D eigenvalue weighted by Crippen LogP contribution is -2.54. The van der Waals surface area contributed by atoms with Gasteiger partial charge < -0.3 is 15.3 Å². The van der Waals surface area contributed by atoms with Gasteiger partial charge in [-0.05, 0) is 19.4 Å². The molecule has 1 aliphatic heterocycles. The monoisotopic (exact) mass is 276 g/mol. The fraction of sp³-hybridized carbons (Fsp3) is 0.467. The second-order valence-corrected chi connectivity index (χ2v) is 5.45. The highest BCUT2D eigenvalue weighted by molar-refractivity contribution is 5.76. The summed E-state index contributed by atoms with van der Waals surface area (Å²) in [5.41, 5.74) is 2.25. The first-order chi connectivity index (χ1) is 9.45. The zero-order valence-corrected chi connectivity index (χ0v) is 11.8. The van der Waals surface area contributed by atoms with E-state index in [2.05, 4.69) is 5.32 Å². The van der Waals surface area contributed by atoms with E-state index in [0.717, 1.165) is 5.56 Å². The van der Waals surface area contributed by atoms with E-state index in [-0.39, 0.29) is 24.4 Å². The van der Waals surface area contributed by atoms with E-state index >= 15 is 0 Å². The molecule has 2 amide bonds. The van der Waals surface area contributed by atoms with Crippen molar-refractivity contribution in [1.29, 1.82) is 0 Å². The van der Waals surface area contributed by atoms with Gasteiger partial charge in [0.25, 0.3) is 0 Å². The predicted molar refractivity (Wildman–Crippen MR) is 75.4 cm³/mol. The molecule has 108 valence electrons. The summed E-state index contributed by atoms with van der Waals surface area (Å²) in [7, 11) is 0. The van der Waals surface area contributed by atoms with Crippen molar-refractivity contribution in [2.24, 2.45) is 5.92 Å². The Bertz CT molecular complexity index is 492. The first kappa shape index (κ1) is 14.4. The Labute approximate surface area is 118 Å². The molecule has 1 heterocycles. The fourth-order valence-corrected chi connectivity index (χ4v) is 2.33. The van der Waals surface area contributed by atoms with Crippen LogP contribution in [0.5, 0.6) is 0 Å². The number of amides is 2. The first-order valence-corrected chi connectivity index (χ1v) is 6.79. The van der Waals surface area contributed by atoms with Crippen molar-refractivity contribution in [3.8, 4) is 0 Å². The topological polar surface area (TPSA) is 69.6 Å². The normalized spacial score (nSPS) is 16.4. The van der Waals surface area contributed by atoms with Gasteiger partial charge in [0.1, 0.15) is 0 Å². The SMILES string of the molecule is Cc1ccc(C(C)NC(=O)N2CC(CC(=O)O)C2)cc1. The van der Waals surface area contributed by atoms with Gasteiger partial charge in [-0.3, -0.25) is 4.79 Å². The van der Waals surface area contributed by atoms with Crippen LogP contribution in [0, 0.1) is 12.8 Å². The number of nitrogens with zero attached hydrogens (tertiary/aromatic N) is 1. The van der Waals surface area contributed by atoms with Crippen LogP contribution in [0.4, 0.5) is 4.79 Å². The number of carboxylic acids is 1. The highest BCUT2D eigenvalue weighted by atomic mass is 16.4. The smallest absolute Gasteiger partial charge is 0.317 e. The zero-order chi connectivity index (χ0) is 14.7. The summed E-state index contributed by atoms with van der Waals surface area (Å²) in [5, 5.41) is 11.6. The van der Waals surface area contributed by atoms with Gasteiger partial charge in [-0.2, -0.15) is 0 Å². The van der Waals surface area contributed by atoms with Gasteiger partial charge in [0.15, 0.2) is 0 Å². The van der Waals surface area contributed by atoms with E-state index < -0.39 is 5.97 Å². The molecule has 0 saturated carbocycles. The molecule has 1 unspecified atom stereocenters.